The molecule has 5 fully saturated rings. The standard InChI is InChI=1S/C17H23BrN4O/c18-15-19-11-22(20-15)17-8-12-5-13(9-17)7-16(6-12,10-17)14(23)21-3-1-2-4-21/h11-13H,1-10H2. The fourth-order valence-corrected chi connectivity index (χ4v) is 6.72. The van der Waals surface area contributed by atoms with Gasteiger partial charge in [-0.3, -0.25) is 4.79 Å². The molecule has 1 amide bonds. The first-order valence-electron chi connectivity index (χ1n) is 8.96. The summed E-state index contributed by atoms with van der Waals surface area (Å²) in [5.74, 6) is 1.82. The molecule has 124 valence electrons. The smallest absolute Gasteiger partial charge is 0.228 e. The fourth-order valence-electron chi connectivity index (χ4n) is 6.46. The Balaban J connectivity index is 1.53. The van der Waals surface area contributed by atoms with E-state index in [0.29, 0.717) is 22.5 Å². The van der Waals surface area contributed by atoms with Crippen molar-refractivity contribution in [3.05, 3.63) is 11.1 Å². The van der Waals surface area contributed by atoms with Gasteiger partial charge in [0.05, 0.1) is 11.0 Å². The van der Waals surface area contributed by atoms with Gasteiger partial charge in [-0.05, 0) is 79.1 Å². The Morgan fingerprint density at radius 2 is 1.87 bits per heavy atom. The van der Waals surface area contributed by atoms with Crippen LogP contribution in [0.1, 0.15) is 51.4 Å². The summed E-state index contributed by atoms with van der Waals surface area (Å²) in [6, 6.07) is 0. The molecular formula is C17H23BrN4O. The summed E-state index contributed by atoms with van der Waals surface area (Å²) < 4.78 is 2.74. The number of hydrogen-bond donors (Lipinski definition) is 0. The van der Waals surface area contributed by atoms with Crippen LogP contribution in [0, 0.1) is 17.3 Å². The minimum absolute atomic E-state index is 0.0263. The van der Waals surface area contributed by atoms with Crippen molar-refractivity contribution in [2.24, 2.45) is 17.3 Å². The first kappa shape index (κ1) is 14.4. The van der Waals surface area contributed by atoms with Crippen molar-refractivity contribution < 1.29 is 4.79 Å². The van der Waals surface area contributed by atoms with Gasteiger partial charge in [0.25, 0.3) is 0 Å². The van der Waals surface area contributed by atoms with Crippen LogP contribution in [0.2, 0.25) is 0 Å². The van der Waals surface area contributed by atoms with E-state index in [4.69, 9.17) is 0 Å². The zero-order valence-corrected chi connectivity index (χ0v) is 15.0. The molecule has 2 heterocycles. The average molecular weight is 379 g/mol. The first-order valence-corrected chi connectivity index (χ1v) is 9.75. The summed E-state index contributed by atoms with van der Waals surface area (Å²) in [7, 11) is 0. The highest BCUT2D eigenvalue weighted by Crippen LogP contribution is 2.64. The van der Waals surface area contributed by atoms with Crippen LogP contribution in [-0.4, -0.2) is 38.7 Å². The summed E-state index contributed by atoms with van der Waals surface area (Å²) in [4.78, 5) is 19.8. The van der Waals surface area contributed by atoms with E-state index >= 15 is 0 Å². The van der Waals surface area contributed by atoms with Gasteiger partial charge in [-0.15, -0.1) is 5.10 Å². The number of carbonyl (C=O) groups is 1. The maximum atomic E-state index is 13.3. The molecule has 0 radical (unpaired) electrons. The maximum absolute atomic E-state index is 13.3. The predicted octanol–water partition coefficient (Wildman–Crippen LogP) is 2.96. The predicted molar refractivity (Wildman–Crippen MR) is 88.6 cm³/mol. The van der Waals surface area contributed by atoms with Gasteiger partial charge in [0.15, 0.2) is 0 Å². The number of likely N-dealkylation sites (tertiary alicyclic amines) is 1. The Morgan fingerprint density at radius 3 is 2.48 bits per heavy atom. The minimum Gasteiger partial charge on any atom is -0.342 e. The molecule has 23 heavy (non-hydrogen) atoms. The van der Waals surface area contributed by atoms with E-state index in [9.17, 15) is 4.79 Å². The molecule has 0 N–H and O–H groups in total. The van der Waals surface area contributed by atoms with E-state index in [1.807, 2.05) is 6.33 Å². The summed E-state index contributed by atoms with van der Waals surface area (Å²) >= 11 is 3.39. The van der Waals surface area contributed by atoms with Crippen LogP contribution in [0.15, 0.2) is 11.1 Å². The molecule has 1 aromatic heterocycles. The van der Waals surface area contributed by atoms with Crippen LogP contribution in [0.25, 0.3) is 0 Å². The van der Waals surface area contributed by atoms with Crippen LogP contribution < -0.4 is 0 Å². The zero-order valence-electron chi connectivity index (χ0n) is 13.4. The molecule has 1 aliphatic heterocycles. The lowest BCUT2D eigenvalue weighted by Crippen LogP contribution is -2.61. The van der Waals surface area contributed by atoms with Crippen molar-refractivity contribution in [3.63, 3.8) is 0 Å². The number of rotatable bonds is 2. The van der Waals surface area contributed by atoms with Crippen LogP contribution in [0.3, 0.4) is 0 Å². The van der Waals surface area contributed by atoms with Crippen molar-refractivity contribution in [2.45, 2.75) is 56.9 Å². The summed E-state index contributed by atoms with van der Waals surface area (Å²) in [5.41, 5.74) is -0.0919. The maximum Gasteiger partial charge on any atom is 0.228 e. The van der Waals surface area contributed by atoms with Crippen LogP contribution in [-0.2, 0) is 10.3 Å². The lowest BCUT2D eigenvalue weighted by molar-refractivity contribution is -0.165. The summed E-state index contributed by atoms with van der Waals surface area (Å²) in [6.45, 7) is 1.94. The van der Waals surface area contributed by atoms with Gasteiger partial charge in [-0.1, -0.05) is 0 Å². The lowest BCUT2D eigenvalue weighted by atomic mass is 9.46. The van der Waals surface area contributed by atoms with Crippen molar-refractivity contribution in [1.82, 2.24) is 19.7 Å². The Labute approximate surface area is 144 Å². The van der Waals surface area contributed by atoms with Crippen molar-refractivity contribution in [2.75, 3.05) is 13.1 Å². The van der Waals surface area contributed by atoms with E-state index < -0.39 is 0 Å². The molecule has 6 rings (SSSR count). The largest absolute Gasteiger partial charge is 0.342 e. The molecule has 1 saturated heterocycles. The Morgan fingerprint density at radius 1 is 1.17 bits per heavy atom. The third-order valence-corrected chi connectivity index (χ3v) is 7.19. The molecule has 2 atom stereocenters. The van der Waals surface area contributed by atoms with Crippen LogP contribution in [0.4, 0.5) is 0 Å². The van der Waals surface area contributed by atoms with E-state index in [0.717, 1.165) is 32.4 Å². The van der Waals surface area contributed by atoms with E-state index in [1.54, 1.807) is 0 Å². The molecule has 1 aromatic rings. The average Bonchev–Trinajstić information content (AvgIpc) is 3.16. The van der Waals surface area contributed by atoms with Crippen LogP contribution in [0.5, 0.6) is 0 Å². The monoisotopic (exact) mass is 378 g/mol. The third kappa shape index (κ3) is 2.06. The zero-order chi connectivity index (χ0) is 15.7. The van der Waals surface area contributed by atoms with Gasteiger partial charge in [0.1, 0.15) is 6.33 Å². The minimum atomic E-state index is -0.118. The van der Waals surface area contributed by atoms with Gasteiger partial charge >= 0.3 is 0 Å². The molecule has 4 saturated carbocycles. The van der Waals surface area contributed by atoms with Crippen molar-refractivity contribution >= 4 is 21.8 Å². The van der Waals surface area contributed by atoms with Gasteiger partial charge in [-0.2, -0.15) is 0 Å². The summed E-state index contributed by atoms with van der Waals surface area (Å²) in [6.07, 6.45) is 11.1. The molecule has 5 aliphatic rings. The van der Waals surface area contributed by atoms with Crippen molar-refractivity contribution in [1.29, 1.82) is 0 Å². The molecule has 4 aliphatic carbocycles. The second kappa shape index (κ2) is 4.80. The second-order valence-corrected chi connectivity index (χ2v) is 9.13. The van der Waals surface area contributed by atoms with Gasteiger partial charge in [0, 0.05) is 13.1 Å². The highest BCUT2D eigenvalue weighted by molar-refractivity contribution is 9.10. The normalized spacial score (nSPS) is 41.7. The Bertz CT molecular complexity index is 637. The van der Waals surface area contributed by atoms with Crippen molar-refractivity contribution in [3.8, 4) is 0 Å². The number of halogens is 1. The molecule has 4 bridgehead atoms. The summed E-state index contributed by atoms with van der Waals surface area (Å²) in [5, 5.41) is 4.59. The SMILES string of the molecule is O=C(N1CCCC1)C12CC3CC(C1)CC(n1cnc(Br)n1)(C3)C2. The molecule has 5 nitrogen and oxygen atoms in total. The van der Waals surface area contributed by atoms with E-state index in [-0.39, 0.29) is 11.0 Å². The number of carbonyl (C=O) groups excluding carboxylic acids is 1. The fraction of sp³-hybridized carbons (Fsp3) is 0.824. The highest BCUT2D eigenvalue weighted by atomic mass is 79.9. The Kier molecular flexibility index (Phi) is 3.02. The molecule has 0 aromatic carbocycles. The lowest BCUT2D eigenvalue weighted by Gasteiger charge is -2.61. The van der Waals surface area contributed by atoms with Gasteiger partial charge in [-0.25, -0.2) is 9.67 Å². The number of nitrogens with zero attached hydrogens (tertiary/aromatic N) is 4. The number of hydrogen-bond acceptors (Lipinski definition) is 3. The number of amides is 1. The number of aromatic nitrogens is 3. The third-order valence-electron chi connectivity index (χ3n) is 6.83. The quantitative estimate of drug-likeness (QED) is 0.794. The highest BCUT2D eigenvalue weighted by Gasteiger charge is 2.62. The molecule has 0 spiro atoms. The molecular weight excluding hydrogens is 356 g/mol. The van der Waals surface area contributed by atoms with E-state index in [1.165, 1.54) is 32.1 Å². The molecule has 2 unspecified atom stereocenters. The van der Waals surface area contributed by atoms with Crippen LogP contribution >= 0.6 is 15.9 Å². The molecule has 6 heteroatoms. The first-order chi connectivity index (χ1) is 11.1. The Hall–Kier alpha value is -0.910. The van der Waals surface area contributed by atoms with E-state index in [2.05, 4.69) is 35.6 Å². The topological polar surface area (TPSA) is 51.0 Å². The second-order valence-electron chi connectivity index (χ2n) is 8.42. The van der Waals surface area contributed by atoms with Gasteiger partial charge in [0.2, 0.25) is 10.6 Å². The van der Waals surface area contributed by atoms with Gasteiger partial charge < -0.3 is 4.90 Å².